The van der Waals surface area contributed by atoms with Crippen LogP contribution in [0.5, 0.6) is 0 Å². The van der Waals surface area contributed by atoms with Crippen LogP contribution >= 0.6 is 12.2 Å². The third-order valence-electron chi connectivity index (χ3n) is 2.46. The fraction of sp³-hybridized carbons (Fsp3) is 0. The van der Waals surface area contributed by atoms with Crippen LogP contribution in [0.1, 0.15) is 0 Å². The van der Waals surface area contributed by atoms with Crippen LogP contribution in [0, 0.1) is 0 Å². The average Bonchev–Trinajstić information content (AvgIpc) is 2.35. The summed E-state index contributed by atoms with van der Waals surface area (Å²) in [6, 6.07) is 14.1. The normalized spacial score (nSPS) is 11.4. The molecule has 0 radical (unpaired) electrons. The molecule has 0 aliphatic carbocycles. The highest BCUT2D eigenvalue weighted by atomic mass is 32.1. The van der Waals surface area contributed by atoms with Crippen molar-refractivity contribution in [2.75, 3.05) is 5.32 Å². The molecule has 0 aromatic heterocycles. The summed E-state index contributed by atoms with van der Waals surface area (Å²) in [7, 11) is 0. The lowest BCUT2D eigenvalue weighted by Gasteiger charge is -2.09. The van der Waals surface area contributed by atoms with Crippen molar-refractivity contribution >= 4 is 33.7 Å². The van der Waals surface area contributed by atoms with E-state index in [9.17, 15) is 0 Å². The lowest BCUT2D eigenvalue weighted by atomic mass is 10.1. The molecule has 0 aliphatic rings. The first kappa shape index (κ1) is 11.4. The summed E-state index contributed by atoms with van der Waals surface area (Å²) >= 11 is 4.88. The minimum Gasteiger partial charge on any atom is -0.403 e. The third-order valence-corrected chi connectivity index (χ3v) is 2.68. The van der Waals surface area contributed by atoms with Gasteiger partial charge in [0.15, 0.2) is 0 Å². The van der Waals surface area contributed by atoms with Crippen molar-refractivity contribution in [3.05, 3.63) is 54.4 Å². The number of rotatable bonds is 3. The van der Waals surface area contributed by atoms with Gasteiger partial charge in [0, 0.05) is 11.9 Å². The van der Waals surface area contributed by atoms with Gasteiger partial charge in [-0.3, -0.25) is 0 Å². The first-order valence-electron chi connectivity index (χ1n) is 5.18. The van der Waals surface area contributed by atoms with Gasteiger partial charge in [-0.1, -0.05) is 42.5 Å². The summed E-state index contributed by atoms with van der Waals surface area (Å²) in [4.78, 5) is 0.251. The number of nitrogens with one attached hydrogen (secondary N) is 1. The van der Waals surface area contributed by atoms with Gasteiger partial charge in [0.1, 0.15) is 4.99 Å². The van der Waals surface area contributed by atoms with Crippen LogP contribution in [-0.2, 0) is 0 Å². The molecule has 2 aromatic carbocycles. The van der Waals surface area contributed by atoms with Crippen LogP contribution in [0.2, 0.25) is 0 Å². The summed E-state index contributed by atoms with van der Waals surface area (Å²) in [6.07, 6.45) is 1.37. The Bertz CT molecular complexity index is 590. The molecule has 4 heteroatoms. The van der Waals surface area contributed by atoms with E-state index in [4.69, 9.17) is 23.7 Å². The van der Waals surface area contributed by atoms with Gasteiger partial charge in [0.25, 0.3) is 0 Å². The molecular weight excluding hydrogens is 230 g/mol. The monoisotopic (exact) mass is 243 g/mol. The molecule has 2 aromatic rings. The van der Waals surface area contributed by atoms with Crippen LogP contribution in [0.25, 0.3) is 10.8 Å². The zero-order valence-electron chi connectivity index (χ0n) is 9.18. The van der Waals surface area contributed by atoms with Crippen LogP contribution in [0.3, 0.4) is 0 Å². The van der Waals surface area contributed by atoms with Gasteiger partial charge < -0.3 is 16.8 Å². The Morgan fingerprint density at radius 1 is 1.12 bits per heavy atom. The summed E-state index contributed by atoms with van der Waals surface area (Å²) < 4.78 is 0. The number of hydrogen-bond donors (Lipinski definition) is 3. The van der Waals surface area contributed by atoms with E-state index in [0.29, 0.717) is 5.70 Å². The third kappa shape index (κ3) is 2.54. The van der Waals surface area contributed by atoms with Crippen molar-refractivity contribution in [2.24, 2.45) is 11.5 Å². The predicted molar refractivity (Wildman–Crippen MR) is 76.6 cm³/mol. The Morgan fingerprint density at radius 3 is 2.47 bits per heavy atom. The standard InChI is InChI=1S/C13H13N3S/c14-8-12(13(15)17)16-11-6-5-9-3-1-2-4-10(9)7-11/h1-8,16H,14H2,(H2,15,17). The number of nitrogens with two attached hydrogens (primary N) is 2. The number of benzene rings is 2. The average molecular weight is 243 g/mol. The van der Waals surface area contributed by atoms with Crippen molar-refractivity contribution in [2.45, 2.75) is 0 Å². The molecule has 0 spiro atoms. The molecule has 3 nitrogen and oxygen atoms in total. The van der Waals surface area contributed by atoms with Gasteiger partial charge in [0.05, 0.1) is 5.70 Å². The number of fused-ring (bicyclic) bond motifs is 1. The number of thiocarbonyl (C=S) groups is 1. The summed E-state index contributed by atoms with van der Waals surface area (Å²) in [6.45, 7) is 0. The molecule has 0 aliphatic heterocycles. The Balaban J connectivity index is 2.34. The van der Waals surface area contributed by atoms with Gasteiger partial charge in [-0.15, -0.1) is 0 Å². The molecule has 0 fully saturated rings. The van der Waals surface area contributed by atoms with E-state index < -0.39 is 0 Å². The Kier molecular flexibility index (Phi) is 3.25. The van der Waals surface area contributed by atoms with Crippen molar-refractivity contribution in [1.82, 2.24) is 0 Å². The molecule has 2 rings (SSSR count). The molecule has 86 valence electrons. The van der Waals surface area contributed by atoms with E-state index in [0.717, 1.165) is 11.1 Å². The second-order valence-electron chi connectivity index (χ2n) is 3.63. The van der Waals surface area contributed by atoms with Crippen molar-refractivity contribution in [3.63, 3.8) is 0 Å². The molecule has 0 saturated heterocycles. The SMILES string of the molecule is NC=C(Nc1ccc2ccccc2c1)C(N)=S. The van der Waals surface area contributed by atoms with E-state index in [-0.39, 0.29) is 4.99 Å². The predicted octanol–water partition coefficient (Wildman–Crippen LogP) is 2.34. The van der Waals surface area contributed by atoms with E-state index in [1.807, 2.05) is 36.4 Å². The lowest BCUT2D eigenvalue weighted by Crippen LogP contribution is -2.19. The molecular formula is C13H13N3S. The fourth-order valence-electron chi connectivity index (χ4n) is 1.61. The minimum atomic E-state index is 0.251. The van der Waals surface area contributed by atoms with Gasteiger partial charge in [-0.05, 0) is 22.9 Å². The molecule has 0 heterocycles. The summed E-state index contributed by atoms with van der Waals surface area (Å²) in [5.41, 5.74) is 12.4. The van der Waals surface area contributed by atoms with Crippen molar-refractivity contribution in [1.29, 1.82) is 0 Å². The van der Waals surface area contributed by atoms with Crippen LogP contribution in [0.15, 0.2) is 54.4 Å². The number of anilines is 1. The second-order valence-corrected chi connectivity index (χ2v) is 4.07. The van der Waals surface area contributed by atoms with Crippen molar-refractivity contribution < 1.29 is 0 Å². The van der Waals surface area contributed by atoms with Crippen LogP contribution in [0.4, 0.5) is 5.69 Å². The van der Waals surface area contributed by atoms with Crippen molar-refractivity contribution in [3.8, 4) is 0 Å². The van der Waals surface area contributed by atoms with Gasteiger partial charge in [-0.25, -0.2) is 0 Å². The highest BCUT2D eigenvalue weighted by Gasteiger charge is 2.01. The zero-order valence-corrected chi connectivity index (χ0v) is 10.00. The zero-order chi connectivity index (χ0) is 12.3. The van der Waals surface area contributed by atoms with Crippen LogP contribution < -0.4 is 16.8 Å². The molecule has 0 saturated carbocycles. The van der Waals surface area contributed by atoms with Gasteiger partial charge >= 0.3 is 0 Å². The Hall–Kier alpha value is -2.07. The van der Waals surface area contributed by atoms with Gasteiger partial charge in [-0.2, -0.15) is 0 Å². The molecule has 0 atom stereocenters. The minimum absolute atomic E-state index is 0.251. The van der Waals surface area contributed by atoms with Gasteiger partial charge in [0.2, 0.25) is 0 Å². The highest BCUT2D eigenvalue weighted by Crippen LogP contribution is 2.19. The van der Waals surface area contributed by atoms with E-state index in [1.54, 1.807) is 0 Å². The maximum absolute atomic E-state index is 5.53. The smallest absolute Gasteiger partial charge is 0.122 e. The number of hydrogen-bond acceptors (Lipinski definition) is 3. The molecule has 0 unspecified atom stereocenters. The Morgan fingerprint density at radius 2 is 1.82 bits per heavy atom. The molecule has 0 amide bonds. The van der Waals surface area contributed by atoms with E-state index >= 15 is 0 Å². The first-order chi connectivity index (χ1) is 8.20. The maximum Gasteiger partial charge on any atom is 0.122 e. The van der Waals surface area contributed by atoms with E-state index in [2.05, 4.69) is 11.4 Å². The lowest BCUT2D eigenvalue weighted by molar-refractivity contribution is 1.45. The summed E-state index contributed by atoms with van der Waals surface area (Å²) in [5.74, 6) is 0. The largest absolute Gasteiger partial charge is 0.403 e. The molecule has 17 heavy (non-hydrogen) atoms. The highest BCUT2D eigenvalue weighted by molar-refractivity contribution is 7.80. The quantitative estimate of drug-likeness (QED) is 0.572. The first-order valence-corrected chi connectivity index (χ1v) is 5.59. The second kappa shape index (κ2) is 4.84. The Labute approximate surface area is 105 Å². The molecule has 0 bridgehead atoms. The fourth-order valence-corrected chi connectivity index (χ4v) is 1.73. The molecule has 5 N–H and O–H groups in total. The summed E-state index contributed by atoms with van der Waals surface area (Å²) in [5, 5.41) is 5.43. The topological polar surface area (TPSA) is 64.1 Å². The van der Waals surface area contributed by atoms with Crippen LogP contribution in [-0.4, -0.2) is 4.99 Å². The van der Waals surface area contributed by atoms with E-state index in [1.165, 1.54) is 11.6 Å². The maximum atomic E-state index is 5.53.